The number of benzene rings is 1. The number of carbonyl (C=O) groups excluding carboxylic acids is 1. The zero-order valence-corrected chi connectivity index (χ0v) is 8.80. The summed E-state index contributed by atoms with van der Waals surface area (Å²) in [5, 5.41) is 9.70. The highest BCUT2D eigenvalue weighted by Gasteiger charge is 2.09. The molecular weight excluding hydrogens is 204 g/mol. The van der Waals surface area contributed by atoms with Gasteiger partial charge in [-0.1, -0.05) is 6.07 Å². The number of aromatic nitrogens is 1. The first-order valence-corrected chi connectivity index (χ1v) is 4.94. The quantitative estimate of drug-likeness (QED) is 0.732. The lowest BCUT2D eigenvalue weighted by Gasteiger charge is -2.03. The summed E-state index contributed by atoms with van der Waals surface area (Å²) in [6.45, 7) is 2.08. The van der Waals surface area contributed by atoms with Gasteiger partial charge in [-0.05, 0) is 25.1 Å². The zero-order valence-electron chi connectivity index (χ0n) is 8.80. The molecule has 4 heteroatoms. The third-order valence-corrected chi connectivity index (χ3v) is 2.29. The van der Waals surface area contributed by atoms with Crippen LogP contribution in [0.3, 0.4) is 0 Å². The number of rotatable bonds is 1. The number of nitrogens with zero attached hydrogens (tertiary/aromatic N) is 2. The summed E-state index contributed by atoms with van der Waals surface area (Å²) in [4.78, 5) is 11.6. The first-order valence-electron chi connectivity index (χ1n) is 4.94. The van der Waals surface area contributed by atoms with Gasteiger partial charge in [0.25, 0.3) is 0 Å². The van der Waals surface area contributed by atoms with Crippen LogP contribution in [0.1, 0.15) is 12.5 Å². The summed E-state index contributed by atoms with van der Waals surface area (Å²) >= 11 is 0. The van der Waals surface area contributed by atoms with E-state index in [0.717, 1.165) is 5.39 Å². The zero-order chi connectivity index (χ0) is 11.5. The predicted octanol–water partition coefficient (Wildman–Crippen LogP) is 2.52. The molecule has 0 saturated heterocycles. The Morgan fingerprint density at radius 3 is 3.00 bits per heavy atom. The highest BCUT2D eigenvalue weighted by molar-refractivity contribution is 5.90. The summed E-state index contributed by atoms with van der Waals surface area (Å²) in [6, 6.07) is 9.06. The Labute approximate surface area is 92.7 Å². The third-order valence-electron chi connectivity index (χ3n) is 2.29. The largest absolute Gasteiger partial charge is 0.449 e. The van der Waals surface area contributed by atoms with Crippen LogP contribution in [-0.4, -0.2) is 17.3 Å². The number of hydrogen-bond donors (Lipinski definition) is 0. The Bertz CT molecular complexity index is 578. The van der Waals surface area contributed by atoms with Gasteiger partial charge in [-0.3, -0.25) is 4.57 Å². The minimum absolute atomic E-state index is 0.330. The van der Waals surface area contributed by atoms with E-state index in [1.54, 1.807) is 25.3 Å². The smallest absolute Gasteiger partial charge is 0.418 e. The lowest BCUT2D eigenvalue weighted by Crippen LogP contribution is -2.11. The van der Waals surface area contributed by atoms with Crippen molar-refractivity contribution < 1.29 is 9.53 Å². The Balaban J connectivity index is 2.54. The standard InChI is InChI=1S/C12H10N2O2/c1-2-16-12(15)14-6-5-10-4-3-9(8-13)7-11(10)14/h3-7H,2H2,1H3. The number of nitriles is 1. The topological polar surface area (TPSA) is 55.0 Å². The molecule has 0 N–H and O–H groups in total. The van der Waals surface area contributed by atoms with Crippen LogP contribution in [-0.2, 0) is 4.74 Å². The van der Waals surface area contributed by atoms with Gasteiger partial charge in [0.05, 0.1) is 23.8 Å². The van der Waals surface area contributed by atoms with Crippen LogP contribution in [0.25, 0.3) is 10.9 Å². The van der Waals surface area contributed by atoms with Gasteiger partial charge in [0.2, 0.25) is 0 Å². The van der Waals surface area contributed by atoms with E-state index in [4.69, 9.17) is 10.00 Å². The van der Waals surface area contributed by atoms with Gasteiger partial charge in [0, 0.05) is 11.6 Å². The van der Waals surface area contributed by atoms with E-state index < -0.39 is 6.09 Å². The van der Waals surface area contributed by atoms with Crippen molar-refractivity contribution in [2.24, 2.45) is 0 Å². The molecule has 0 saturated carbocycles. The van der Waals surface area contributed by atoms with Gasteiger partial charge in [0.1, 0.15) is 0 Å². The summed E-state index contributed by atoms with van der Waals surface area (Å²) in [5.74, 6) is 0. The van der Waals surface area contributed by atoms with Crippen LogP contribution in [0.4, 0.5) is 4.79 Å². The molecule has 2 aromatic rings. The molecule has 0 aliphatic carbocycles. The molecule has 0 radical (unpaired) electrons. The van der Waals surface area contributed by atoms with Crippen molar-refractivity contribution in [3.63, 3.8) is 0 Å². The van der Waals surface area contributed by atoms with Crippen molar-refractivity contribution in [3.05, 3.63) is 36.0 Å². The highest BCUT2D eigenvalue weighted by atomic mass is 16.5. The predicted molar refractivity (Wildman–Crippen MR) is 59.1 cm³/mol. The second-order valence-electron chi connectivity index (χ2n) is 3.27. The van der Waals surface area contributed by atoms with E-state index in [-0.39, 0.29) is 0 Å². The number of ether oxygens (including phenoxy) is 1. The molecule has 1 heterocycles. The molecule has 0 aliphatic heterocycles. The van der Waals surface area contributed by atoms with Crippen LogP contribution >= 0.6 is 0 Å². The van der Waals surface area contributed by atoms with Gasteiger partial charge < -0.3 is 4.74 Å². The molecule has 0 spiro atoms. The number of hydrogen-bond acceptors (Lipinski definition) is 3. The average molecular weight is 214 g/mol. The summed E-state index contributed by atoms with van der Waals surface area (Å²) in [7, 11) is 0. The van der Waals surface area contributed by atoms with Crippen LogP contribution < -0.4 is 0 Å². The van der Waals surface area contributed by atoms with Crippen molar-refractivity contribution in [2.75, 3.05) is 6.61 Å². The Morgan fingerprint density at radius 1 is 1.50 bits per heavy atom. The fourth-order valence-corrected chi connectivity index (χ4v) is 1.55. The van der Waals surface area contributed by atoms with Crippen molar-refractivity contribution in [3.8, 4) is 6.07 Å². The minimum atomic E-state index is -0.424. The maximum Gasteiger partial charge on any atom is 0.418 e. The van der Waals surface area contributed by atoms with Crippen molar-refractivity contribution in [1.29, 1.82) is 5.26 Å². The first-order chi connectivity index (χ1) is 7.76. The second-order valence-corrected chi connectivity index (χ2v) is 3.27. The normalized spacial score (nSPS) is 10.0. The highest BCUT2D eigenvalue weighted by Crippen LogP contribution is 2.17. The fourth-order valence-electron chi connectivity index (χ4n) is 1.55. The molecule has 0 amide bonds. The van der Waals surface area contributed by atoms with E-state index in [2.05, 4.69) is 0 Å². The molecule has 0 bridgehead atoms. The molecule has 1 aromatic carbocycles. The number of fused-ring (bicyclic) bond motifs is 1. The number of carbonyl (C=O) groups is 1. The Morgan fingerprint density at radius 2 is 2.31 bits per heavy atom. The van der Waals surface area contributed by atoms with E-state index in [1.165, 1.54) is 4.57 Å². The van der Waals surface area contributed by atoms with E-state index >= 15 is 0 Å². The molecule has 0 aliphatic rings. The maximum absolute atomic E-state index is 11.6. The molecule has 80 valence electrons. The summed E-state index contributed by atoms with van der Waals surface area (Å²) in [5.41, 5.74) is 1.22. The van der Waals surface area contributed by atoms with Crippen molar-refractivity contribution in [2.45, 2.75) is 6.92 Å². The molecule has 0 atom stereocenters. The lowest BCUT2D eigenvalue weighted by molar-refractivity contribution is 0.155. The van der Waals surface area contributed by atoms with E-state index in [9.17, 15) is 4.79 Å². The van der Waals surface area contributed by atoms with Crippen molar-refractivity contribution in [1.82, 2.24) is 4.57 Å². The molecule has 4 nitrogen and oxygen atoms in total. The lowest BCUT2D eigenvalue weighted by atomic mass is 10.2. The van der Waals surface area contributed by atoms with Crippen LogP contribution in [0.2, 0.25) is 0 Å². The first kappa shape index (κ1) is 10.2. The van der Waals surface area contributed by atoms with Gasteiger partial charge in [-0.2, -0.15) is 5.26 Å². The fraction of sp³-hybridized carbons (Fsp3) is 0.167. The molecule has 0 unspecified atom stereocenters. The van der Waals surface area contributed by atoms with Gasteiger partial charge >= 0.3 is 6.09 Å². The molecule has 2 rings (SSSR count). The Hall–Kier alpha value is -2.28. The second kappa shape index (κ2) is 4.07. The van der Waals surface area contributed by atoms with E-state index in [1.807, 2.05) is 18.2 Å². The van der Waals surface area contributed by atoms with E-state index in [0.29, 0.717) is 17.7 Å². The Kier molecular flexibility index (Phi) is 2.61. The van der Waals surface area contributed by atoms with Gasteiger partial charge in [0.15, 0.2) is 0 Å². The summed E-state index contributed by atoms with van der Waals surface area (Å²) in [6.07, 6.45) is 1.22. The van der Waals surface area contributed by atoms with Gasteiger partial charge in [-0.15, -0.1) is 0 Å². The summed E-state index contributed by atoms with van der Waals surface area (Å²) < 4.78 is 6.31. The van der Waals surface area contributed by atoms with Crippen LogP contribution in [0, 0.1) is 11.3 Å². The SMILES string of the molecule is CCOC(=O)n1ccc2ccc(C#N)cc21. The van der Waals surface area contributed by atoms with Crippen LogP contribution in [0.15, 0.2) is 30.5 Å². The maximum atomic E-state index is 11.6. The average Bonchev–Trinajstić information content (AvgIpc) is 2.71. The van der Waals surface area contributed by atoms with Gasteiger partial charge in [-0.25, -0.2) is 4.79 Å². The molecular formula is C12H10N2O2. The molecule has 0 fully saturated rings. The molecule has 16 heavy (non-hydrogen) atoms. The monoisotopic (exact) mass is 214 g/mol. The van der Waals surface area contributed by atoms with Crippen LogP contribution in [0.5, 0.6) is 0 Å². The third kappa shape index (κ3) is 1.63. The minimum Gasteiger partial charge on any atom is -0.449 e. The van der Waals surface area contributed by atoms with Crippen molar-refractivity contribution >= 4 is 17.0 Å². The molecule has 1 aromatic heterocycles.